The van der Waals surface area contributed by atoms with Gasteiger partial charge >= 0.3 is 11.9 Å². The molecule has 0 aromatic rings. The molecule has 2 heterocycles. The quantitative estimate of drug-likeness (QED) is 0.0193. The van der Waals surface area contributed by atoms with Crippen LogP contribution in [0.5, 0.6) is 0 Å². The average molecular weight is 978 g/mol. The lowest BCUT2D eigenvalue weighted by Crippen LogP contribution is -2.36. The zero-order valence-corrected chi connectivity index (χ0v) is 45.4. The first-order chi connectivity index (χ1) is 33.0. The molecule has 0 radical (unpaired) electrons. The Hall–Kier alpha value is -1.30. The number of likely N-dealkylation sites (tertiary alicyclic amines) is 2. The molecule has 0 aliphatic carbocycles. The van der Waals surface area contributed by atoms with Crippen LogP contribution < -0.4 is 0 Å². The van der Waals surface area contributed by atoms with E-state index in [1.165, 1.54) is 127 Å². The number of carbonyl (C=O) groups excluding carboxylic acids is 2. The van der Waals surface area contributed by atoms with Gasteiger partial charge in [-0.2, -0.15) is 0 Å². The molecule has 0 saturated carbocycles. The Morgan fingerprint density at radius 1 is 0.493 bits per heavy atom. The second-order valence-electron chi connectivity index (χ2n) is 19.4. The fraction of sp³-hybridized carbons (Fsp3) is 0.860. The van der Waals surface area contributed by atoms with Crippen LogP contribution in [0.1, 0.15) is 220 Å². The van der Waals surface area contributed by atoms with E-state index in [-0.39, 0.29) is 18.2 Å². The number of unbranched alkanes of at least 4 members (excludes halogenated alkanes) is 15. The molecule has 0 amide bonds. The Morgan fingerprint density at radius 2 is 0.896 bits per heavy atom. The SMILES string of the molecule is CC/C=C\CCCCOC(CCCC(=O)OCCC1CCN(CCSSCCN2CCC(CCOC(=O)CCCCCCC/C=C\CCCCCCCC)CC2)CC1)OCCCC/C=C\CC. The van der Waals surface area contributed by atoms with E-state index < -0.39 is 0 Å². The minimum atomic E-state index is -0.241. The molecular formula is C57H104N2O6S2. The molecular weight excluding hydrogens is 873 g/mol. The van der Waals surface area contributed by atoms with Gasteiger partial charge in [-0.05, 0) is 173 Å². The van der Waals surface area contributed by atoms with Crippen LogP contribution in [0.3, 0.4) is 0 Å². The Bertz CT molecular complexity index is 1180. The lowest BCUT2D eigenvalue weighted by molar-refractivity contribution is -0.152. The summed E-state index contributed by atoms with van der Waals surface area (Å²) in [6, 6.07) is 0. The van der Waals surface area contributed by atoms with E-state index in [2.05, 4.69) is 67.0 Å². The standard InChI is InChI=1S/C57H104N2O6S2/c1-4-7-10-13-16-17-18-19-20-21-22-23-24-25-28-32-55(60)62-49-39-53-35-41-58(42-36-53)45-51-66-67-52-46-59-43-37-54(38-44-59)40-50-63-56(61)33-31-34-57(64-47-29-26-14-11-8-5-2)65-48-30-27-15-12-9-6-3/h8-9,11-12,19-20,53-54,57H,4-7,10,13-18,21-52H2,1-3H3/b11-8-,12-9-,20-19-. The Morgan fingerprint density at radius 3 is 1.36 bits per heavy atom. The van der Waals surface area contributed by atoms with Crippen molar-refractivity contribution in [3.63, 3.8) is 0 Å². The summed E-state index contributed by atoms with van der Waals surface area (Å²) in [4.78, 5) is 30.1. The van der Waals surface area contributed by atoms with Crippen molar-refractivity contribution in [1.82, 2.24) is 9.80 Å². The number of allylic oxidation sites excluding steroid dienone is 6. The monoisotopic (exact) mass is 977 g/mol. The number of hydrogen-bond acceptors (Lipinski definition) is 10. The van der Waals surface area contributed by atoms with Crippen LogP contribution in [0.2, 0.25) is 0 Å². The summed E-state index contributed by atoms with van der Waals surface area (Å²) < 4.78 is 23.5. The number of nitrogens with zero attached hydrogens (tertiary/aromatic N) is 2. The van der Waals surface area contributed by atoms with Crippen molar-refractivity contribution in [1.29, 1.82) is 0 Å². The first kappa shape index (κ1) is 61.8. The fourth-order valence-corrected chi connectivity index (χ4v) is 11.0. The molecule has 2 saturated heterocycles. The van der Waals surface area contributed by atoms with Crippen molar-refractivity contribution in [2.24, 2.45) is 11.8 Å². The summed E-state index contributed by atoms with van der Waals surface area (Å²) in [5.41, 5.74) is 0. The van der Waals surface area contributed by atoms with E-state index in [1.807, 2.05) is 21.6 Å². The van der Waals surface area contributed by atoms with E-state index >= 15 is 0 Å². The summed E-state index contributed by atoms with van der Waals surface area (Å²) in [6.45, 7) is 16.1. The second kappa shape index (κ2) is 47.0. The number of hydrogen-bond donors (Lipinski definition) is 0. The zero-order valence-electron chi connectivity index (χ0n) is 43.8. The maximum atomic E-state index is 12.6. The van der Waals surface area contributed by atoms with Crippen molar-refractivity contribution >= 4 is 33.5 Å². The first-order valence-electron chi connectivity index (χ1n) is 28.2. The third-order valence-electron chi connectivity index (χ3n) is 13.5. The van der Waals surface area contributed by atoms with Crippen LogP contribution in [0, 0.1) is 11.8 Å². The van der Waals surface area contributed by atoms with Gasteiger partial charge in [0.05, 0.1) is 13.2 Å². The summed E-state index contributed by atoms with van der Waals surface area (Å²) in [5.74, 6) is 3.61. The largest absolute Gasteiger partial charge is 0.466 e. The molecule has 67 heavy (non-hydrogen) atoms. The van der Waals surface area contributed by atoms with Gasteiger partial charge < -0.3 is 28.7 Å². The highest BCUT2D eigenvalue weighted by molar-refractivity contribution is 8.76. The minimum absolute atomic E-state index is 0.00191. The molecule has 0 spiro atoms. The molecule has 8 nitrogen and oxygen atoms in total. The third kappa shape index (κ3) is 39.1. The minimum Gasteiger partial charge on any atom is -0.466 e. The lowest BCUT2D eigenvalue weighted by atomic mass is 9.94. The highest BCUT2D eigenvalue weighted by atomic mass is 33.1. The van der Waals surface area contributed by atoms with Gasteiger partial charge in [0.2, 0.25) is 0 Å². The molecule has 390 valence electrons. The average Bonchev–Trinajstić information content (AvgIpc) is 3.34. The van der Waals surface area contributed by atoms with Crippen LogP contribution in [0.4, 0.5) is 0 Å². The van der Waals surface area contributed by atoms with E-state index in [9.17, 15) is 9.59 Å². The zero-order chi connectivity index (χ0) is 47.9. The smallest absolute Gasteiger partial charge is 0.305 e. The van der Waals surface area contributed by atoms with Gasteiger partial charge in [0, 0.05) is 50.7 Å². The van der Waals surface area contributed by atoms with E-state index in [0.717, 1.165) is 110 Å². The number of esters is 2. The number of piperidine rings is 2. The fourth-order valence-electron chi connectivity index (χ4n) is 8.97. The molecule has 0 aromatic heterocycles. The Kier molecular flexibility index (Phi) is 43.4. The van der Waals surface area contributed by atoms with Crippen LogP contribution in [-0.4, -0.2) is 105 Å². The summed E-state index contributed by atoms with van der Waals surface area (Å²) in [6.07, 6.45) is 48.1. The van der Waals surface area contributed by atoms with E-state index in [1.54, 1.807) is 0 Å². The van der Waals surface area contributed by atoms with Gasteiger partial charge in [-0.15, -0.1) is 0 Å². The predicted molar refractivity (Wildman–Crippen MR) is 290 cm³/mol. The normalized spacial score (nSPS) is 15.9. The molecule has 2 fully saturated rings. The topological polar surface area (TPSA) is 77.5 Å². The van der Waals surface area contributed by atoms with Gasteiger partial charge in [-0.25, -0.2) is 0 Å². The van der Waals surface area contributed by atoms with Crippen LogP contribution in [0.25, 0.3) is 0 Å². The van der Waals surface area contributed by atoms with Gasteiger partial charge in [0.15, 0.2) is 6.29 Å². The molecule has 2 rings (SSSR count). The van der Waals surface area contributed by atoms with Crippen molar-refractivity contribution in [3.8, 4) is 0 Å². The van der Waals surface area contributed by atoms with Crippen molar-refractivity contribution in [2.45, 2.75) is 226 Å². The van der Waals surface area contributed by atoms with Crippen LogP contribution in [0.15, 0.2) is 36.5 Å². The van der Waals surface area contributed by atoms with Gasteiger partial charge in [0.25, 0.3) is 0 Å². The lowest BCUT2D eigenvalue weighted by Gasteiger charge is -2.32. The first-order valence-corrected chi connectivity index (χ1v) is 30.7. The van der Waals surface area contributed by atoms with Crippen molar-refractivity contribution in [3.05, 3.63) is 36.5 Å². The molecule has 2 aliphatic heterocycles. The molecule has 0 bridgehead atoms. The van der Waals surface area contributed by atoms with Crippen molar-refractivity contribution < 1.29 is 28.5 Å². The number of ether oxygens (including phenoxy) is 4. The van der Waals surface area contributed by atoms with Gasteiger partial charge in [-0.3, -0.25) is 9.59 Å². The van der Waals surface area contributed by atoms with E-state index in [4.69, 9.17) is 18.9 Å². The highest BCUT2D eigenvalue weighted by Crippen LogP contribution is 2.26. The van der Waals surface area contributed by atoms with Crippen LogP contribution >= 0.6 is 21.6 Å². The maximum Gasteiger partial charge on any atom is 0.305 e. The number of carbonyl (C=O) groups is 2. The molecule has 0 atom stereocenters. The summed E-state index contributed by atoms with van der Waals surface area (Å²) in [5, 5.41) is 0. The van der Waals surface area contributed by atoms with Crippen molar-refractivity contribution in [2.75, 3.05) is 77.2 Å². The molecule has 10 heteroatoms. The van der Waals surface area contributed by atoms with E-state index in [0.29, 0.717) is 51.1 Å². The predicted octanol–water partition coefficient (Wildman–Crippen LogP) is 15.5. The molecule has 0 aromatic carbocycles. The number of rotatable bonds is 46. The third-order valence-corrected chi connectivity index (χ3v) is 15.8. The summed E-state index contributed by atoms with van der Waals surface area (Å²) in [7, 11) is 4.06. The molecule has 0 unspecified atom stereocenters. The second-order valence-corrected chi connectivity index (χ2v) is 22.1. The van der Waals surface area contributed by atoms with Gasteiger partial charge in [-0.1, -0.05) is 130 Å². The summed E-state index contributed by atoms with van der Waals surface area (Å²) >= 11 is 0. The maximum absolute atomic E-state index is 12.6. The van der Waals surface area contributed by atoms with Crippen LogP contribution in [-0.2, 0) is 28.5 Å². The molecule has 0 N–H and O–H groups in total. The Labute approximate surface area is 421 Å². The van der Waals surface area contributed by atoms with Gasteiger partial charge in [0.1, 0.15) is 0 Å². The Balaban J connectivity index is 1.38. The highest BCUT2D eigenvalue weighted by Gasteiger charge is 2.21. The molecule has 2 aliphatic rings.